The van der Waals surface area contributed by atoms with Crippen LogP contribution in [0.3, 0.4) is 0 Å². The number of rotatable bonds is 5. The predicted octanol–water partition coefficient (Wildman–Crippen LogP) is 2.33. The molecule has 0 saturated carbocycles. The van der Waals surface area contributed by atoms with E-state index in [1.54, 1.807) is 24.3 Å². The van der Waals surface area contributed by atoms with Crippen LogP contribution in [0.2, 0.25) is 0 Å². The van der Waals surface area contributed by atoms with E-state index >= 15 is 0 Å². The highest BCUT2D eigenvalue weighted by Crippen LogP contribution is 2.18. The molecule has 1 fully saturated rings. The van der Waals surface area contributed by atoms with Gasteiger partial charge in [-0.3, -0.25) is 14.5 Å². The third-order valence-corrected chi connectivity index (χ3v) is 4.40. The SMILES string of the molecule is O=C(CN1CCC(O)CC1)Nc1ccccc1C(=O)Nc1ccccc1. The van der Waals surface area contributed by atoms with Crippen molar-refractivity contribution in [2.24, 2.45) is 0 Å². The molecule has 2 amide bonds. The van der Waals surface area contributed by atoms with Gasteiger partial charge in [-0.15, -0.1) is 0 Å². The molecule has 0 aliphatic carbocycles. The van der Waals surface area contributed by atoms with E-state index in [9.17, 15) is 14.7 Å². The number of para-hydroxylation sites is 2. The fourth-order valence-corrected chi connectivity index (χ4v) is 2.98. The Kier molecular flexibility index (Phi) is 5.99. The number of nitrogens with zero attached hydrogens (tertiary/aromatic N) is 1. The number of benzene rings is 2. The van der Waals surface area contributed by atoms with Gasteiger partial charge in [-0.25, -0.2) is 0 Å². The molecule has 136 valence electrons. The zero-order valence-corrected chi connectivity index (χ0v) is 14.5. The first-order chi connectivity index (χ1) is 12.6. The molecular formula is C20H23N3O3. The highest BCUT2D eigenvalue weighted by Gasteiger charge is 2.20. The van der Waals surface area contributed by atoms with Crippen molar-refractivity contribution < 1.29 is 14.7 Å². The first-order valence-electron chi connectivity index (χ1n) is 8.77. The molecule has 1 aliphatic heterocycles. The third-order valence-electron chi connectivity index (χ3n) is 4.40. The molecule has 1 aliphatic rings. The van der Waals surface area contributed by atoms with E-state index in [4.69, 9.17) is 0 Å². The molecule has 0 bridgehead atoms. The maximum absolute atomic E-state index is 12.5. The van der Waals surface area contributed by atoms with Crippen LogP contribution in [0.5, 0.6) is 0 Å². The molecule has 6 heteroatoms. The van der Waals surface area contributed by atoms with Crippen LogP contribution in [0.1, 0.15) is 23.2 Å². The number of piperidine rings is 1. The minimum atomic E-state index is -0.270. The van der Waals surface area contributed by atoms with Crippen LogP contribution in [0, 0.1) is 0 Å². The summed E-state index contributed by atoms with van der Waals surface area (Å²) in [6.07, 6.45) is 1.10. The topological polar surface area (TPSA) is 81.7 Å². The van der Waals surface area contributed by atoms with E-state index in [2.05, 4.69) is 10.6 Å². The highest BCUT2D eigenvalue weighted by molar-refractivity contribution is 6.10. The quantitative estimate of drug-likeness (QED) is 0.771. The molecule has 0 radical (unpaired) electrons. The first-order valence-corrected chi connectivity index (χ1v) is 8.77. The summed E-state index contributed by atoms with van der Waals surface area (Å²) in [5, 5.41) is 15.2. The zero-order valence-electron chi connectivity index (χ0n) is 14.5. The molecule has 26 heavy (non-hydrogen) atoms. The number of anilines is 2. The van der Waals surface area contributed by atoms with Gasteiger partial charge in [-0.2, -0.15) is 0 Å². The van der Waals surface area contributed by atoms with Crippen molar-refractivity contribution in [2.45, 2.75) is 18.9 Å². The number of carbonyl (C=O) groups is 2. The van der Waals surface area contributed by atoms with E-state index in [1.165, 1.54) is 0 Å². The molecule has 3 rings (SSSR count). The largest absolute Gasteiger partial charge is 0.393 e. The fraction of sp³-hybridized carbons (Fsp3) is 0.300. The molecule has 1 saturated heterocycles. The second-order valence-electron chi connectivity index (χ2n) is 6.42. The number of hydrogen-bond acceptors (Lipinski definition) is 4. The Hall–Kier alpha value is -2.70. The van der Waals surface area contributed by atoms with Crippen molar-refractivity contribution in [3.63, 3.8) is 0 Å². The summed E-state index contributed by atoms with van der Waals surface area (Å²) in [7, 11) is 0. The highest BCUT2D eigenvalue weighted by atomic mass is 16.3. The summed E-state index contributed by atoms with van der Waals surface area (Å²) in [6.45, 7) is 1.65. The molecule has 2 aromatic carbocycles. The molecule has 6 nitrogen and oxygen atoms in total. The summed E-state index contributed by atoms with van der Waals surface area (Å²) >= 11 is 0. The smallest absolute Gasteiger partial charge is 0.257 e. The van der Waals surface area contributed by atoms with Crippen molar-refractivity contribution in [1.82, 2.24) is 4.90 Å². The summed E-state index contributed by atoms with van der Waals surface area (Å²) in [6, 6.07) is 16.1. The normalized spacial score (nSPS) is 15.4. The maximum atomic E-state index is 12.5. The minimum absolute atomic E-state index is 0.165. The van der Waals surface area contributed by atoms with Gasteiger partial charge in [0.05, 0.1) is 23.9 Å². The Morgan fingerprint density at radius 3 is 2.35 bits per heavy atom. The standard InChI is InChI=1S/C20H23N3O3/c24-16-10-12-23(13-11-16)14-19(25)22-18-9-5-4-8-17(18)20(26)21-15-6-2-1-3-7-15/h1-9,16,24H,10-14H2,(H,21,26)(H,22,25). The van der Waals surface area contributed by atoms with Gasteiger partial charge in [-0.05, 0) is 37.1 Å². The lowest BCUT2D eigenvalue weighted by molar-refractivity contribution is -0.117. The lowest BCUT2D eigenvalue weighted by Crippen LogP contribution is -2.40. The second-order valence-corrected chi connectivity index (χ2v) is 6.42. The van der Waals surface area contributed by atoms with Gasteiger partial charge >= 0.3 is 0 Å². The maximum Gasteiger partial charge on any atom is 0.257 e. The van der Waals surface area contributed by atoms with Gasteiger partial charge < -0.3 is 15.7 Å². The van der Waals surface area contributed by atoms with Gasteiger partial charge in [0.2, 0.25) is 5.91 Å². The molecular weight excluding hydrogens is 330 g/mol. The number of aliphatic hydroxyl groups is 1. The van der Waals surface area contributed by atoms with Crippen LogP contribution in [-0.2, 0) is 4.79 Å². The van der Waals surface area contributed by atoms with E-state index in [-0.39, 0.29) is 24.5 Å². The van der Waals surface area contributed by atoms with Gasteiger partial charge in [0, 0.05) is 18.8 Å². The number of carbonyl (C=O) groups excluding carboxylic acids is 2. The molecule has 0 unspecified atom stereocenters. The molecule has 0 aromatic heterocycles. The van der Waals surface area contributed by atoms with Crippen LogP contribution in [0.25, 0.3) is 0 Å². The lowest BCUT2D eigenvalue weighted by atomic mass is 10.1. The van der Waals surface area contributed by atoms with E-state index in [1.807, 2.05) is 35.2 Å². The molecule has 3 N–H and O–H groups in total. The second kappa shape index (κ2) is 8.60. The van der Waals surface area contributed by atoms with Gasteiger partial charge in [0.15, 0.2) is 0 Å². The van der Waals surface area contributed by atoms with Crippen LogP contribution in [0.4, 0.5) is 11.4 Å². The van der Waals surface area contributed by atoms with Crippen molar-refractivity contribution in [2.75, 3.05) is 30.3 Å². The Labute approximate surface area is 152 Å². The van der Waals surface area contributed by atoms with Crippen molar-refractivity contribution in [3.05, 3.63) is 60.2 Å². The number of nitrogens with one attached hydrogen (secondary N) is 2. The van der Waals surface area contributed by atoms with E-state index in [0.29, 0.717) is 42.9 Å². The Bertz CT molecular complexity index is 756. The number of aliphatic hydroxyl groups excluding tert-OH is 1. The summed E-state index contributed by atoms with van der Waals surface area (Å²) < 4.78 is 0. The van der Waals surface area contributed by atoms with Crippen LogP contribution < -0.4 is 10.6 Å². The Morgan fingerprint density at radius 1 is 0.962 bits per heavy atom. The Morgan fingerprint density at radius 2 is 1.62 bits per heavy atom. The minimum Gasteiger partial charge on any atom is -0.393 e. The van der Waals surface area contributed by atoms with Crippen molar-refractivity contribution >= 4 is 23.2 Å². The number of likely N-dealkylation sites (tertiary alicyclic amines) is 1. The first kappa shape index (κ1) is 18.1. The van der Waals surface area contributed by atoms with Gasteiger partial charge in [0.25, 0.3) is 5.91 Å². The summed E-state index contributed by atoms with van der Waals surface area (Å²) in [5.41, 5.74) is 1.60. The van der Waals surface area contributed by atoms with Gasteiger partial charge in [-0.1, -0.05) is 30.3 Å². The predicted molar refractivity (Wildman–Crippen MR) is 101 cm³/mol. The number of amides is 2. The average Bonchev–Trinajstić information content (AvgIpc) is 2.65. The summed E-state index contributed by atoms with van der Waals surface area (Å²) in [5.74, 6) is -0.436. The monoisotopic (exact) mass is 353 g/mol. The van der Waals surface area contributed by atoms with Crippen LogP contribution in [0.15, 0.2) is 54.6 Å². The van der Waals surface area contributed by atoms with E-state index in [0.717, 1.165) is 0 Å². The van der Waals surface area contributed by atoms with Crippen LogP contribution in [-0.4, -0.2) is 47.6 Å². The summed E-state index contributed by atoms with van der Waals surface area (Å²) in [4.78, 5) is 26.9. The number of hydrogen-bond donors (Lipinski definition) is 3. The van der Waals surface area contributed by atoms with Crippen LogP contribution >= 0.6 is 0 Å². The van der Waals surface area contributed by atoms with Crippen molar-refractivity contribution in [3.8, 4) is 0 Å². The Balaban J connectivity index is 1.63. The van der Waals surface area contributed by atoms with Crippen molar-refractivity contribution in [1.29, 1.82) is 0 Å². The zero-order chi connectivity index (χ0) is 18.4. The molecule has 2 aromatic rings. The lowest BCUT2D eigenvalue weighted by Gasteiger charge is -2.28. The molecule has 0 spiro atoms. The average molecular weight is 353 g/mol. The third kappa shape index (κ3) is 4.91. The molecule has 0 atom stereocenters. The van der Waals surface area contributed by atoms with Gasteiger partial charge in [0.1, 0.15) is 0 Å². The molecule has 1 heterocycles. The fourth-order valence-electron chi connectivity index (χ4n) is 2.98. The van der Waals surface area contributed by atoms with E-state index < -0.39 is 0 Å².